The second kappa shape index (κ2) is 13.6. The first kappa shape index (κ1) is 22.1. The van der Waals surface area contributed by atoms with Gasteiger partial charge >= 0.3 is 0 Å². The van der Waals surface area contributed by atoms with Crippen molar-refractivity contribution >= 4 is 47.2 Å². The number of carbonyl (C=O) groups is 1. The Bertz CT molecular complexity index is 480. The predicted molar refractivity (Wildman–Crippen MR) is 107 cm³/mol. The van der Waals surface area contributed by atoms with Gasteiger partial charge < -0.3 is 20.7 Å². The lowest BCUT2D eigenvalue weighted by Crippen LogP contribution is -2.38. The van der Waals surface area contributed by atoms with Crippen LogP contribution >= 0.6 is 35.3 Å². The molecule has 1 rings (SSSR count). The van der Waals surface area contributed by atoms with Crippen molar-refractivity contribution in [2.75, 3.05) is 33.4 Å². The van der Waals surface area contributed by atoms with E-state index in [4.69, 9.17) is 4.74 Å². The molecule has 0 unspecified atom stereocenters. The van der Waals surface area contributed by atoms with Crippen molar-refractivity contribution in [1.29, 1.82) is 0 Å². The highest BCUT2D eigenvalue weighted by molar-refractivity contribution is 14.0. The number of carbonyl (C=O) groups excluding carboxylic acids is 1. The summed E-state index contributed by atoms with van der Waals surface area (Å²) in [5.41, 5.74) is 0. The first-order valence-corrected chi connectivity index (χ1v) is 8.36. The van der Waals surface area contributed by atoms with Gasteiger partial charge in [0, 0.05) is 30.0 Å². The summed E-state index contributed by atoms with van der Waals surface area (Å²) in [5, 5.41) is 9.12. The maximum absolute atomic E-state index is 11.6. The van der Waals surface area contributed by atoms with Crippen molar-refractivity contribution in [3.63, 3.8) is 0 Å². The van der Waals surface area contributed by atoms with Crippen LogP contribution in [0.15, 0.2) is 17.1 Å². The number of halogens is 1. The maximum atomic E-state index is 11.6. The van der Waals surface area contributed by atoms with Crippen molar-refractivity contribution in [3.05, 3.63) is 21.9 Å². The van der Waals surface area contributed by atoms with Crippen molar-refractivity contribution < 1.29 is 9.53 Å². The van der Waals surface area contributed by atoms with E-state index in [9.17, 15) is 4.79 Å². The molecule has 0 aliphatic carbocycles. The van der Waals surface area contributed by atoms with Crippen LogP contribution in [-0.2, 0) is 22.5 Å². The molecule has 0 atom stereocenters. The standard InChI is InChI=1S/C15H26N4O2S.HI/c1-4-12-6-7-13(22-12)10-18-15(16-5-2)19-11-14(20)17-8-9-21-3;/h6-7H,4-5,8-11H2,1-3H3,(H,17,20)(H2,16,18,19);1H. The summed E-state index contributed by atoms with van der Waals surface area (Å²) in [6.45, 7) is 6.72. The summed E-state index contributed by atoms with van der Waals surface area (Å²) in [6, 6.07) is 4.27. The second-order valence-electron chi connectivity index (χ2n) is 4.61. The number of rotatable bonds is 9. The Morgan fingerprint density at radius 2 is 1.96 bits per heavy atom. The van der Waals surface area contributed by atoms with Crippen LogP contribution in [0, 0.1) is 0 Å². The minimum atomic E-state index is -0.112. The van der Waals surface area contributed by atoms with E-state index in [2.05, 4.69) is 40.0 Å². The van der Waals surface area contributed by atoms with E-state index in [1.807, 2.05) is 6.92 Å². The second-order valence-corrected chi connectivity index (χ2v) is 5.87. The average molecular weight is 454 g/mol. The highest BCUT2D eigenvalue weighted by atomic mass is 127. The van der Waals surface area contributed by atoms with Crippen LogP contribution in [-0.4, -0.2) is 45.2 Å². The van der Waals surface area contributed by atoms with Gasteiger partial charge in [0.15, 0.2) is 5.96 Å². The monoisotopic (exact) mass is 454 g/mol. The van der Waals surface area contributed by atoms with E-state index in [0.717, 1.165) is 13.0 Å². The molecule has 1 heterocycles. The predicted octanol–water partition coefficient (Wildman–Crippen LogP) is 1.75. The molecule has 3 N–H and O–H groups in total. The van der Waals surface area contributed by atoms with Crippen LogP contribution in [0.1, 0.15) is 23.6 Å². The van der Waals surface area contributed by atoms with E-state index in [1.165, 1.54) is 9.75 Å². The van der Waals surface area contributed by atoms with E-state index in [1.54, 1.807) is 18.4 Å². The Hall–Kier alpha value is -0.870. The zero-order chi connectivity index (χ0) is 16.2. The molecule has 1 aromatic rings. The first-order valence-electron chi connectivity index (χ1n) is 7.55. The number of aliphatic imine (C=N–C) groups is 1. The molecule has 0 fully saturated rings. The van der Waals surface area contributed by atoms with Crippen LogP contribution in [0.4, 0.5) is 0 Å². The van der Waals surface area contributed by atoms with Gasteiger partial charge in [0.25, 0.3) is 0 Å². The number of guanidine groups is 1. The number of nitrogens with one attached hydrogen (secondary N) is 3. The highest BCUT2D eigenvalue weighted by Gasteiger charge is 2.03. The topological polar surface area (TPSA) is 74.8 Å². The molecule has 8 heteroatoms. The van der Waals surface area contributed by atoms with Crippen molar-refractivity contribution in [3.8, 4) is 0 Å². The fraction of sp³-hybridized carbons (Fsp3) is 0.600. The van der Waals surface area contributed by atoms with Gasteiger partial charge in [0.1, 0.15) is 6.54 Å². The van der Waals surface area contributed by atoms with Gasteiger partial charge in [-0.15, -0.1) is 35.3 Å². The smallest absolute Gasteiger partial charge is 0.241 e. The van der Waals surface area contributed by atoms with Gasteiger partial charge in [0.05, 0.1) is 13.2 Å². The Kier molecular flexibility index (Phi) is 13.0. The third kappa shape index (κ3) is 9.77. The number of thiophene rings is 1. The van der Waals surface area contributed by atoms with Gasteiger partial charge in [-0.25, -0.2) is 4.99 Å². The SMILES string of the molecule is CCNC(=NCC(=O)NCCOC)NCc1ccc(CC)s1.I. The fourth-order valence-electron chi connectivity index (χ4n) is 1.72. The Balaban J connectivity index is 0.00000484. The number of ether oxygens (including phenoxy) is 1. The lowest BCUT2D eigenvalue weighted by atomic mass is 10.4. The largest absolute Gasteiger partial charge is 0.383 e. The summed E-state index contributed by atoms with van der Waals surface area (Å²) in [4.78, 5) is 18.5. The number of amides is 1. The quantitative estimate of drug-likeness (QED) is 0.230. The van der Waals surface area contributed by atoms with E-state index < -0.39 is 0 Å². The Labute approximate surface area is 159 Å². The van der Waals surface area contributed by atoms with Crippen LogP contribution in [0.5, 0.6) is 0 Å². The minimum absolute atomic E-state index is 0. The fourth-order valence-corrected chi connectivity index (χ4v) is 2.62. The lowest BCUT2D eigenvalue weighted by Gasteiger charge is -2.10. The number of aryl methyl sites for hydroxylation is 1. The maximum Gasteiger partial charge on any atom is 0.241 e. The van der Waals surface area contributed by atoms with Crippen molar-refractivity contribution in [1.82, 2.24) is 16.0 Å². The third-order valence-electron chi connectivity index (χ3n) is 2.85. The molecule has 6 nitrogen and oxygen atoms in total. The number of hydrogen-bond acceptors (Lipinski definition) is 4. The molecule has 0 radical (unpaired) electrons. The molecule has 0 saturated heterocycles. The molecule has 0 bridgehead atoms. The molecule has 0 spiro atoms. The molecule has 0 aliphatic heterocycles. The van der Waals surface area contributed by atoms with Gasteiger partial charge in [-0.1, -0.05) is 6.92 Å². The normalized spacial score (nSPS) is 10.8. The Morgan fingerprint density at radius 1 is 1.22 bits per heavy atom. The summed E-state index contributed by atoms with van der Waals surface area (Å²) >= 11 is 1.79. The minimum Gasteiger partial charge on any atom is -0.383 e. The van der Waals surface area contributed by atoms with Crippen molar-refractivity contribution in [2.24, 2.45) is 4.99 Å². The zero-order valence-electron chi connectivity index (χ0n) is 14.0. The van der Waals surface area contributed by atoms with Gasteiger partial charge in [0.2, 0.25) is 5.91 Å². The Morgan fingerprint density at radius 3 is 2.57 bits per heavy atom. The van der Waals surface area contributed by atoms with Crippen LogP contribution in [0.2, 0.25) is 0 Å². The van der Waals surface area contributed by atoms with E-state index >= 15 is 0 Å². The molecule has 0 aromatic carbocycles. The molecule has 0 saturated carbocycles. The molecule has 23 heavy (non-hydrogen) atoms. The molecule has 132 valence electrons. The van der Waals surface area contributed by atoms with Crippen molar-refractivity contribution in [2.45, 2.75) is 26.8 Å². The zero-order valence-corrected chi connectivity index (χ0v) is 17.1. The van der Waals surface area contributed by atoms with Gasteiger partial charge in [-0.2, -0.15) is 0 Å². The van der Waals surface area contributed by atoms with Gasteiger partial charge in [-0.3, -0.25) is 4.79 Å². The number of hydrogen-bond donors (Lipinski definition) is 3. The molecular weight excluding hydrogens is 427 g/mol. The summed E-state index contributed by atoms with van der Waals surface area (Å²) in [7, 11) is 1.60. The highest BCUT2D eigenvalue weighted by Crippen LogP contribution is 2.16. The summed E-state index contributed by atoms with van der Waals surface area (Å²) < 4.78 is 4.88. The lowest BCUT2D eigenvalue weighted by molar-refractivity contribution is -0.119. The average Bonchev–Trinajstić information content (AvgIpc) is 2.98. The molecule has 0 aliphatic rings. The summed E-state index contributed by atoms with van der Waals surface area (Å²) in [5.74, 6) is 0.537. The first-order chi connectivity index (χ1) is 10.7. The van der Waals surface area contributed by atoms with Crippen LogP contribution < -0.4 is 16.0 Å². The molecule has 1 aromatic heterocycles. The van der Waals surface area contributed by atoms with Crippen LogP contribution in [0.25, 0.3) is 0 Å². The molecular formula is C15H27IN4O2S. The van der Waals surface area contributed by atoms with Crippen LogP contribution in [0.3, 0.4) is 0 Å². The number of nitrogens with zero attached hydrogens (tertiary/aromatic N) is 1. The molecule has 1 amide bonds. The third-order valence-corrected chi connectivity index (χ3v) is 4.08. The van der Waals surface area contributed by atoms with Gasteiger partial charge in [-0.05, 0) is 25.5 Å². The number of methoxy groups -OCH3 is 1. The van der Waals surface area contributed by atoms with E-state index in [0.29, 0.717) is 25.7 Å². The van der Waals surface area contributed by atoms with E-state index in [-0.39, 0.29) is 36.4 Å². The summed E-state index contributed by atoms with van der Waals surface area (Å²) in [6.07, 6.45) is 1.06.